The second-order valence-electron chi connectivity index (χ2n) is 7.94. The standard InChI is InChI=1S/C25H25NO5S2/c1-3-30-25(29)20-17-12-11-15(2)14-19(17)33-23(20)26-22(27)21(16-8-5-4-6-9-16)31-24(28)18-10-7-13-32-18/h4-10,13,15,21H,3,11-12,14H2,1-2H3,(H,26,27)/t15-,21+/m0/s1. The van der Waals surface area contributed by atoms with Crippen molar-refractivity contribution in [1.82, 2.24) is 0 Å². The molecule has 6 nitrogen and oxygen atoms in total. The maximum Gasteiger partial charge on any atom is 0.349 e. The third-order valence-electron chi connectivity index (χ3n) is 5.52. The molecule has 0 fully saturated rings. The van der Waals surface area contributed by atoms with Gasteiger partial charge in [-0.25, -0.2) is 9.59 Å². The second kappa shape index (κ2) is 10.3. The Morgan fingerprint density at radius 2 is 1.91 bits per heavy atom. The number of hydrogen-bond acceptors (Lipinski definition) is 7. The van der Waals surface area contributed by atoms with Gasteiger partial charge in [0.2, 0.25) is 6.10 Å². The lowest BCUT2D eigenvalue weighted by Gasteiger charge is -2.19. The van der Waals surface area contributed by atoms with Crippen LogP contribution in [0.25, 0.3) is 0 Å². The molecule has 0 radical (unpaired) electrons. The fourth-order valence-electron chi connectivity index (χ4n) is 3.90. The predicted molar refractivity (Wildman–Crippen MR) is 129 cm³/mol. The zero-order valence-electron chi connectivity index (χ0n) is 18.5. The topological polar surface area (TPSA) is 81.7 Å². The summed E-state index contributed by atoms with van der Waals surface area (Å²) in [6.07, 6.45) is 1.45. The average Bonchev–Trinajstić information content (AvgIpc) is 3.46. The third-order valence-corrected chi connectivity index (χ3v) is 7.54. The van der Waals surface area contributed by atoms with E-state index in [1.165, 1.54) is 22.7 Å². The number of amides is 1. The Kier molecular flexibility index (Phi) is 7.25. The van der Waals surface area contributed by atoms with Crippen molar-refractivity contribution in [3.8, 4) is 0 Å². The minimum Gasteiger partial charge on any atom is -0.462 e. The zero-order valence-corrected chi connectivity index (χ0v) is 20.1. The molecule has 1 aromatic carbocycles. The summed E-state index contributed by atoms with van der Waals surface area (Å²) < 4.78 is 10.9. The molecule has 172 valence electrons. The molecule has 0 spiro atoms. The summed E-state index contributed by atoms with van der Waals surface area (Å²) in [4.78, 5) is 40.3. The normalized spacial score (nSPS) is 15.9. The Morgan fingerprint density at radius 1 is 1.12 bits per heavy atom. The Bertz CT molecular complexity index is 1140. The highest BCUT2D eigenvalue weighted by Gasteiger charge is 2.32. The maximum atomic E-state index is 13.4. The molecule has 0 bridgehead atoms. The lowest BCUT2D eigenvalue weighted by atomic mass is 9.88. The van der Waals surface area contributed by atoms with Crippen molar-refractivity contribution in [3.63, 3.8) is 0 Å². The van der Waals surface area contributed by atoms with E-state index in [9.17, 15) is 14.4 Å². The van der Waals surface area contributed by atoms with Gasteiger partial charge in [-0.05, 0) is 49.1 Å². The first-order valence-corrected chi connectivity index (χ1v) is 12.6. The average molecular weight is 484 g/mol. The number of esters is 2. The number of thiophene rings is 2. The summed E-state index contributed by atoms with van der Waals surface area (Å²) in [5, 5.41) is 5.10. The third kappa shape index (κ3) is 5.17. The number of ether oxygens (including phenoxy) is 2. The molecule has 1 aliphatic rings. The van der Waals surface area contributed by atoms with Crippen LogP contribution in [0.1, 0.15) is 62.4 Å². The van der Waals surface area contributed by atoms with Crippen molar-refractivity contribution >= 4 is 45.5 Å². The highest BCUT2D eigenvalue weighted by molar-refractivity contribution is 7.17. The van der Waals surface area contributed by atoms with Crippen molar-refractivity contribution < 1.29 is 23.9 Å². The summed E-state index contributed by atoms with van der Waals surface area (Å²) in [6.45, 7) is 4.19. The quantitative estimate of drug-likeness (QED) is 0.439. The highest BCUT2D eigenvalue weighted by atomic mass is 32.1. The van der Waals surface area contributed by atoms with Crippen LogP contribution in [0.2, 0.25) is 0 Å². The fourth-order valence-corrected chi connectivity index (χ4v) is 5.90. The molecule has 1 N–H and O–H groups in total. The second-order valence-corrected chi connectivity index (χ2v) is 9.99. The fraction of sp³-hybridized carbons (Fsp3) is 0.320. The van der Waals surface area contributed by atoms with Gasteiger partial charge in [0.25, 0.3) is 5.91 Å². The van der Waals surface area contributed by atoms with Crippen LogP contribution < -0.4 is 5.32 Å². The van der Waals surface area contributed by atoms with Gasteiger partial charge in [-0.15, -0.1) is 22.7 Å². The SMILES string of the molecule is CCOC(=O)c1c(NC(=O)[C@H](OC(=O)c2cccs2)c2ccccc2)sc2c1CC[C@H](C)C2. The molecule has 0 aliphatic heterocycles. The van der Waals surface area contributed by atoms with Crippen LogP contribution >= 0.6 is 22.7 Å². The van der Waals surface area contributed by atoms with Crippen molar-refractivity contribution in [1.29, 1.82) is 0 Å². The van der Waals surface area contributed by atoms with E-state index < -0.39 is 23.9 Å². The molecule has 2 heterocycles. The monoisotopic (exact) mass is 483 g/mol. The van der Waals surface area contributed by atoms with Gasteiger partial charge >= 0.3 is 11.9 Å². The summed E-state index contributed by atoms with van der Waals surface area (Å²) in [5.74, 6) is -1.01. The smallest absolute Gasteiger partial charge is 0.349 e. The molecule has 1 amide bonds. The molecule has 1 aliphatic carbocycles. The van der Waals surface area contributed by atoms with Gasteiger partial charge in [0.05, 0.1) is 12.2 Å². The first kappa shape index (κ1) is 23.2. The number of nitrogens with one attached hydrogen (secondary N) is 1. The van der Waals surface area contributed by atoms with Gasteiger partial charge in [-0.2, -0.15) is 0 Å². The predicted octanol–water partition coefficient (Wildman–Crippen LogP) is 5.65. The van der Waals surface area contributed by atoms with Crippen molar-refractivity contribution in [2.24, 2.45) is 5.92 Å². The van der Waals surface area contributed by atoms with Crippen LogP contribution in [0.5, 0.6) is 0 Å². The van der Waals surface area contributed by atoms with Crippen LogP contribution in [-0.4, -0.2) is 24.5 Å². The molecular formula is C25H25NO5S2. The van der Waals surface area contributed by atoms with Gasteiger partial charge < -0.3 is 14.8 Å². The maximum absolute atomic E-state index is 13.4. The van der Waals surface area contributed by atoms with Crippen LogP contribution in [0.3, 0.4) is 0 Å². The number of benzene rings is 1. The molecule has 4 rings (SSSR count). The van der Waals surface area contributed by atoms with E-state index in [4.69, 9.17) is 9.47 Å². The van der Waals surface area contributed by atoms with E-state index in [1.807, 2.05) is 6.07 Å². The van der Waals surface area contributed by atoms with Crippen molar-refractivity contribution in [2.45, 2.75) is 39.2 Å². The van der Waals surface area contributed by atoms with Crippen LogP contribution in [0.4, 0.5) is 5.00 Å². The highest BCUT2D eigenvalue weighted by Crippen LogP contribution is 2.40. The van der Waals surface area contributed by atoms with E-state index in [1.54, 1.807) is 48.7 Å². The number of anilines is 1. The number of hydrogen-bond donors (Lipinski definition) is 1. The molecule has 33 heavy (non-hydrogen) atoms. The summed E-state index contributed by atoms with van der Waals surface area (Å²) >= 11 is 2.65. The molecule has 2 aromatic heterocycles. The van der Waals surface area contributed by atoms with E-state index in [-0.39, 0.29) is 6.61 Å². The summed E-state index contributed by atoms with van der Waals surface area (Å²) in [6, 6.07) is 12.3. The van der Waals surface area contributed by atoms with Gasteiger partial charge in [0.15, 0.2) is 0 Å². The molecule has 8 heteroatoms. The molecule has 3 aromatic rings. The van der Waals surface area contributed by atoms with E-state index in [0.717, 1.165) is 29.7 Å². The molecule has 2 atom stereocenters. The van der Waals surface area contributed by atoms with Crippen molar-refractivity contribution in [3.05, 3.63) is 74.3 Å². The Morgan fingerprint density at radius 3 is 2.61 bits per heavy atom. The number of fused-ring (bicyclic) bond motifs is 1. The van der Waals surface area contributed by atoms with E-state index >= 15 is 0 Å². The van der Waals surface area contributed by atoms with Crippen LogP contribution in [0.15, 0.2) is 47.8 Å². The summed E-state index contributed by atoms with van der Waals surface area (Å²) in [7, 11) is 0. The van der Waals surface area contributed by atoms with Crippen LogP contribution in [-0.2, 0) is 27.1 Å². The Balaban J connectivity index is 1.65. The zero-order chi connectivity index (χ0) is 23.4. The first-order chi connectivity index (χ1) is 16.0. The Hall–Kier alpha value is -2.97. The van der Waals surface area contributed by atoms with Crippen LogP contribution in [0, 0.1) is 5.92 Å². The van der Waals surface area contributed by atoms with E-state index in [2.05, 4.69) is 12.2 Å². The minimum absolute atomic E-state index is 0.248. The molecular weight excluding hydrogens is 458 g/mol. The largest absolute Gasteiger partial charge is 0.462 e. The van der Waals surface area contributed by atoms with Gasteiger partial charge in [0, 0.05) is 10.4 Å². The molecule has 0 saturated carbocycles. The van der Waals surface area contributed by atoms with Gasteiger partial charge in [0.1, 0.15) is 9.88 Å². The number of carbonyl (C=O) groups excluding carboxylic acids is 3. The van der Waals surface area contributed by atoms with Gasteiger partial charge in [-0.1, -0.05) is 43.3 Å². The molecule has 0 saturated heterocycles. The Labute approximate surface area is 200 Å². The van der Waals surface area contributed by atoms with Crippen molar-refractivity contribution in [2.75, 3.05) is 11.9 Å². The van der Waals surface area contributed by atoms with E-state index in [0.29, 0.717) is 26.9 Å². The lowest BCUT2D eigenvalue weighted by Crippen LogP contribution is -2.26. The number of carbonyl (C=O) groups is 3. The molecule has 0 unspecified atom stereocenters. The van der Waals surface area contributed by atoms with Gasteiger partial charge in [-0.3, -0.25) is 4.79 Å². The first-order valence-electron chi connectivity index (χ1n) is 10.9. The number of rotatable bonds is 7. The lowest BCUT2D eigenvalue weighted by molar-refractivity contribution is -0.125. The summed E-state index contributed by atoms with van der Waals surface area (Å²) in [5.41, 5.74) is 1.93. The minimum atomic E-state index is -1.16.